The number of thiophene rings is 1. The second-order valence-electron chi connectivity index (χ2n) is 5.35. The zero-order chi connectivity index (χ0) is 12.3. The van der Waals surface area contributed by atoms with Crippen LogP contribution in [0.2, 0.25) is 0 Å². The predicted molar refractivity (Wildman–Crippen MR) is 73.9 cm³/mol. The summed E-state index contributed by atoms with van der Waals surface area (Å²) in [5.41, 5.74) is 1.17. The summed E-state index contributed by atoms with van der Waals surface area (Å²) in [7, 11) is 0. The molecule has 1 saturated carbocycles. The van der Waals surface area contributed by atoms with Gasteiger partial charge in [0.15, 0.2) is 5.78 Å². The number of hydrogen-bond acceptors (Lipinski definition) is 2. The van der Waals surface area contributed by atoms with Gasteiger partial charge in [0.05, 0.1) is 4.88 Å². The maximum absolute atomic E-state index is 12.3. The lowest BCUT2D eigenvalue weighted by Gasteiger charge is -2.12. The van der Waals surface area contributed by atoms with E-state index >= 15 is 0 Å². The molecule has 0 amide bonds. The molecule has 2 heteroatoms. The number of ketones is 1. The van der Waals surface area contributed by atoms with Crippen molar-refractivity contribution in [2.45, 2.75) is 58.8 Å². The number of Topliss-reactive ketones (excluding diaryl/α,β-unsaturated/α-hetero) is 1. The standard InChI is InChI=1S/C15H22OS/c1-11-9-12(2)17-15(11)14(16)10-13-7-5-3-4-6-8-13/h9,13H,3-8,10H2,1-2H3. The molecule has 0 atom stereocenters. The summed E-state index contributed by atoms with van der Waals surface area (Å²) in [6.07, 6.45) is 8.66. The molecule has 0 spiro atoms. The topological polar surface area (TPSA) is 17.1 Å². The minimum absolute atomic E-state index is 0.382. The lowest BCUT2D eigenvalue weighted by atomic mass is 9.93. The molecule has 1 nitrogen and oxygen atoms in total. The van der Waals surface area contributed by atoms with E-state index in [1.807, 2.05) is 0 Å². The van der Waals surface area contributed by atoms with E-state index in [0.29, 0.717) is 11.7 Å². The number of rotatable bonds is 3. The van der Waals surface area contributed by atoms with Crippen LogP contribution in [0.15, 0.2) is 6.07 Å². The Morgan fingerprint density at radius 3 is 2.41 bits per heavy atom. The van der Waals surface area contributed by atoms with Crippen molar-refractivity contribution in [2.75, 3.05) is 0 Å². The Morgan fingerprint density at radius 1 is 1.24 bits per heavy atom. The van der Waals surface area contributed by atoms with Crippen LogP contribution in [-0.2, 0) is 0 Å². The van der Waals surface area contributed by atoms with Crippen LogP contribution in [0.25, 0.3) is 0 Å². The van der Waals surface area contributed by atoms with Gasteiger partial charge in [-0.15, -0.1) is 11.3 Å². The highest BCUT2D eigenvalue weighted by Gasteiger charge is 2.19. The molecule has 0 saturated heterocycles. The van der Waals surface area contributed by atoms with Gasteiger partial charge in [-0.2, -0.15) is 0 Å². The van der Waals surface area contributed by atoms with E-state index in [1.165, 1.54) is 49.0 Å². The first-order valence-corrected chi connectivity index (χ1v) is 7.58. The van der Waals surface area contributed by atoms with Gasteiger partial charge < -0.3 is 0 Å². The summed E-state index contributed by atoms with van der Waals surface area (Å²) in [6.45, 7) is 4.14. The zero-order valence-corrected chi connectivity index (χ0v) is 11.7. The number of aryl methyl sites for hydroxylation is 2. The molecule has 0 aromatic carbocycles. The van der Waals surface area contributed by atoms with Crippen LogP contribution in [0.1, 0.15) is 65.1 Å². The molecule has 0 radical (unpaired) electrons. The minimum Gasteiger partial charge on any atom is -0.293 e. The van der Waals surface area contributed by atoms with Gasteiger partial charge in [0, 0.05) is 11.3 Å². The molecule has 2 rings (SSSR count). The van der Waals surface area contributed by atoms with Crippen molar-refractivity contribution in [1.82, 2.24) is 0 Å². The highest BCUT2D eigenvalue weighted by molar-refractivity contribution is 7.14. The van der Waals surface area contributed by atoms with Crippen LogP contribution in [-0.4, -0.2) is 5.78 Å². The van der Waals surface area contributed by atoms with Crippen LogP contribution in [0.5, 0.6) is 0 Å². The molecule has 0 aliphatic heterocycles. The van der Waals surface area contributed by atoms with Crippen molar-refractivity contribution in [3.8, 4) is 0 Å². The number of carbonyl (C=O) groups excluding carboxylic acids is 1. The van der Waals surface area contributed by atoms with Gasteiger partial charge >= 0.3 is 0 Å². The third kappa shape index (κ3) is 3.41. The fraction of sp³-hybridized carbons (Fsp3) is 0.667. The predicted octanol–water partition coefficient (Wildman–Crippen LogP) is 4.91. The van der Waals surface area contributed by atoms with Crippen molar-refractivity contribution >= 4 is 17.1 Å². The van der Waals surface area contributed by atoms with E-state index in [0.717, 1.165) is 11.3 Å². The van der Waals surface area contributed by atoms with Crippen LogP contribution >= 0.6 is 11.3 Å². The van der Waals surface area contributed by atoms with Gasteiger partial charge in [-0.05, 0) is 31.4 Å². The Labute approximate surface area is 108 Å². The van der Waals surface area contributed by atoms with E-state index in [-0.39, 0.29) is 0 Å². The molecule has 1 aliphatic carbocycles. The van der Waals surface area contributed by atoms with Gasteiger partial charge in [-0.3, -0.25) is 4.79 Å². The minimum atomic E-state index is 0.382. The molecule has 17 heavy (non-hydrogen) atoms. The Bertz CT molecular complexity index is 384. The largest absolute Gasteiger partial charge is 0.293 e. The quantitative estimate of drug-likeness (QED) is 0.550. The van der Waals surface area contributed by atoms with Crippen LogP contribution in [0.4, 0.5) is 0 Å². The average Bonchev–Trinajstić information content (AvgIpc) is 2.51. The number of hydrogen-bond donors (Lipinski definition) is 0. The summed E-state index contributed by atoms with van der Waals surface area (Å²) < 4.78 is 0. The smallest absolute Gasteiger partial charge is 0.173 e. The van der Waals surface area contributed by atoms with Gasteiger partial charge in [-0.1, -0.05) is 38.5 Å². The summed E-state index contributed by atoms with van der Waals surface area (Å²) in [5.74, 6) is 1.03. The highest BCUT2D eigenvalue weighted by Crippen LogP contribution is 2.29. The summed E-state index contributed by atoms with van der Waals surface area (Å²) >= 11 is 1.67. The maximum Gasteiger partial charge on any atom is 0.173 e. The van der Waals surface area contributed by atoms with E-state index in [1.54, 1.807) is 11.3 Å². The molecule has 94 valence electrons. The Hall–Kier alpha value is -0.630. The molecule has 0 N–H and O–H groups in total. The lowest BCUT2D eigenvalue weighted by molar-refractivity contribution is 0.0960. The molecule has 1 aliphatic rings. The Balaban J connectivity index is 1.98. The molecular weight excluding hydrogens is 228 g/mol. The Kier molecular flexibility index (Phi) is 4.38. The molecule has 0 unspecified atom stereocenters. The fourth-order valence-electron chi connectivity index (χ4n) is 2.84. The summed E-state index contributed by atoms with van der Waals surface area (Å²) in [5, 5.41) is 0. The Morgan fingerprint density at radius 2 is 1.88 bits per heavy atom. The molecule has 0 bridgehead atoms. The first kappa shape index (κ1) is 12.8. The van der Waals surface area contributed by atoms with Gasteiger partial charge in [-0.25, -0.2) is 0 Å². The average molecular weight is 250 g/mol. The monoisotopic (exact) mass is 250 g/mol. The van der Waals surface area contributed by atoms with Crippen LogP contribution in [0, 0.1) is 19.8 Å². The normalized spacial score (nSPS) is 18.0. The SMILES string of the molecule is Cc1cc(C)c(C(=O)CC2CCCCCC2)s1. The number of carbonyl (C=O) groups is 1. The molecular formula is C15H22OS. The van der Waals surface area contributed by atoms with Crippen molar-refractivity contribution in [3.63, 3.8) is 0 Å². The second kappa shape index (κ2) is 5.81. The lowest BCUT2D eigenvalue weighted by Crippen LogP contribution is -2.08. The van der Waals surface area contributed by atoms with Crippen LogP contribution in [0.3, 0.4) is 0 Å². The van der Waals surface area contributed by atoms with Crippen molar-refractivity contribution in [1.29, 1.82) is 0 Å². The first-order chi connectivity index (χ1) is 8.16. The zero-order valence-electron chi connectivity index (χ0n) is 10.9. The summed E-state index contributed by atoms with van der Waals surface area (Å²) in [4.78, 5) is 14.5. The first-order valence-electron chi connectivity index (χ1n) is 6.77. The van der Waals surface area contributed by atoms with E-state index < -0.39 is 0 Å². The highest BCUT2D eigenvalue weighted by atomic mass is 32.1. The van der Waals surface area contributed by atoms with Gasteiger partial charge in [0.2, 0.25) is 0 Å². The van der Waals surface area contributed by atoms with Crippen molar-refractivity contribution in [2.24, 2.45) is 5.92 Å². The van der Waals surface area contributed by atoms with E-state index in [9.17, 15) is 4.79 Å². The van der Waals surface area contributed by atoms with Crippen molar-refractivity contribution < 1.29 is 4.79 Å². The second-order valence-corrected chi connectivity index (χ2v) is 6.61. The van der Waals surface area contributed by atoms with E-state index in [2.05, 4.69) is 19.9 Å². The molecule has 1 heterocycles. The van der Waals surface area contributed by atoms with Crippen LogP contribution < -0.4 is 0 Å². The van der Waals surface area contributed by atoms with Gasteiger partial charge in [0.25, 0.3) is 0 Å². The third-order valence-electron chi connectivity index (χ3n) is 3.74. The molecule has 1 fully saturated rings. The third-order valence-corrected chi connectivity index (χ3v) is 4.94. The van der Waals surface area contributed by atoms with Gasteiger partial charge in [0.1, 0.15) is 0 Å². The van der Waals surface area contributed by atoms with Crippen molar-refractivity contribution in [3.05, 3.63) is 21.4 Å². The molecule has 1 aromatic heterocycles. The fourth-order valence-corrected chi connectivity index (χ4v) is 3.82. The maximum atomic E-state index is 12.3. The van der Waals surface area contributed by atoms with E-state index in [4.69, 9.17) is 0 Å². The molecule has 1 aromatic rings. The summed E-state index contributed by atoms with van der Waals surface area (Å²) in [6, 6.07) is 2.13.